The third-order valence-electron chi connectivity index (χ3n) is 3.68. The Morgan fingerprint density at radius 2 is 1.41 bits per heavy atom. The molecule has 0 spiro atoms. The van der Waals surface area contributed by atoms with E-state index in [0.29, 0.717) is 19.0 Å². The number of benzene rings is 2. The Kier molecular flexibility index (Phi) is 5.97. The minimum absolute atomic E-state index is 0.214. The van der Waals surface area contributed by atoms with E-state index in [-0.39, 0.29) is 5.97 Å². The molecule has 0 saturated heterocycles. The lowest BCUT2D eigenvalue weighted by Gasteiger charge is -2.19. The summed E-state index contributed by atoms with van der Waals surface area (Å²) in [7, 11) is -1.25. The highest BCUT2D eigenvalue weighted by molar-refractivity contribution is 7.78. The average molecular weight is 316 g/mol. The van der Waals surface area contributed by atoms with Crippen molar-refractivity contribution in [2.75, 3.05) is 13.3 Å². The van der Waals surface area contributed by atoms with Gasteiger partial charge in [0.25, 0.3) is 0 Å². The number of carbonyl (C=O) groups excluding carboxylic acids is 1. The fourth-order valence-electron chi connectivity index (χ4n) is 2.45. The summed E-state index contributed by atoms with van der Waals surface area (Å²) < 4.78 is 18.3. The number of hydrogen-bond donors (Lipinski definition) is 0. The first-order valence-electron chi connectivity index (χ1n) is 7.44. The molecule has 0 aliphatic heterocycles. The topological polar surface area (TPSA) is 43.4 Å². The Morgan fingerprint density at radius 1 is 0.909 bits per heavy atom. The van der Waals surface area contributed by atoms with Crippen LogP contribution in [0, 0.1) is 0 Å². The summed E-state index contributed by atoms with van der Waals surface area (Å²) in [5.74, 6) is -0.214. The van der Waals surface area contributed by atoms with Crippen LogP contribution in [0.2, 0.25) is 0 Å². The average Bonchev–Trinajstić information content (AvgIpc) is 2.59. The first kappa shape index (κ1) is 16.5. The van der Waals surface area contributed by atoms with Crippen LogP contribution in [0.4, 0.5) is 0 Å². The summed E-state index contributed by atoms with van der Waals surface area (Å²) >= 11 is 0. The minimum atomic E-state index is -2.64. The highest BCUT2D eigenvalue weighted by atomic mass is 31.2. The van der Waals surface area contributed by atoms with Crippen molar-refractivity contribution in [3.8, 4) is 0 Å². The second-order valence-corrected chi connectivity index (χ2v) is 8.13. The van der Waals surface area contributed by atoms with Crippen LogP contribution in [0.25, 0.3) is 0 Å². The number of carbonyl (C=O) groups is 1. The molecule has 0 fully saturated rings. The second-order valence-electron chi connectivity index (χ2n) is 5.17. The summed E-state index contributed by atoms with van der Waals surface area (Å²) in [6, 6.07) is 19.2. The summed E-state index contributed by atoms with van der Waals surface area (Å²) in [6.07, 6.45) is 2.37. The summed E-state index contributed by atoms with van der Waals surface area (Å²) in [4.78, 5) is 11.2. The van der Waals surface area contributed by atoms with E-state index in [1.165, 1.54) is 7.11 Å². The van der Waals surface area contributed by atoms with Crippen LogP contribution in [0.5, 0.6) is 0 Å². The molecule has 0 atom stereocenters. The van der Waals surface area contributed by atoms with Gasteiger partial charge in [-0.05, 0) is 12.8 Å². The molecule has 0 heterocycles. The predicted molar refractivity (Wildman–Crippen MR) is 90.5 cm³/mol. The molecule has 2 aromatic carbocycles. The SMILES string of the molecule is COC(=O)CCCCP(=O)(c1ccccc1)c1ccccc1. The van der Waals surface area contributed by atoms with Gasteiger partial charge in [0.1, 0.15) is 7.14 Å². The van der Waals surface area contributed by atoms with Gasteiger partial charge in [0.15, 0.2) is 0 Å². The van der Waals surface area contributed by atoms with Gasteiger partial charge in [-0.25, -0.2) is 0 Å². The van der Waals surface area contributed by atoms with E-state index in [1.807, 2.05) is 60.7 Å². The molecule has 2 rings (SSSR count). The van der Waals surface area contributed by atoms with Crippen LogP contribution >= 0.6 is 7.14 Å². The number of unbranched alkanes of at least 4 members (excludes halogenated alkanes) is 1. The molecule has 0 amide bonds. The maximum atomic E-state index is 13.6. The minimum Gasteiger partial charge on any atom is -0.469 e. The van der Waals surface area contributed by atoms with Gasteiger partial charge in [-0.15, -0.1) is 0 Å². The number of methoxy groups -OCH3 is 1. The van der Waals surface area contributed by atoms with Crippen LogP contribution in [0.3, 0.4) is 0 Å². The lowest BCUT2D eigenvalue weighted by atomic mass is 10.2. The molecular formula is C18H21O3P. The first-order valence-corrected chi connectivity index (χ1v) is 9.33. The van der Waals surface area contributed by atoms with Gasteiger partial charge < -0.3 is 9.30 Å². The van der Waals surface area contributed by atoms with E-state index < -0.39 is 7.14 Å². The zero-order valence-corrected chi connectivity index (χ0v) is 13.7. The van der Waals surface area contributed by atoms with Gasteiger partial charge in [-0.1, -0.05) is 60.7 Å². The molecule has 0 aliphatic carbocycles. The van der Waals surface area contributed by atoms with Crippen molar-refractivity contribution in [1.29, 1.82) is 0 Å². The van der Waals surface area contributed by atoms with Crippen LogP contribution in [0.15, 0.2) is 60.7 Å². The molecule has 4 heteroatoms. The summed E-state index contributed by atoms with van der Waals surface area (Å²) in [5.41, 5.74) is 0. The largest absolute Gasteiger partial charge is 0.469 e. The van der Waals surface area contributed by atoms with E-state index in [2.05, 4.69) is 4.74 Å². The fourth-order valence-corrected chi connectivity index (χ4v) is 5.24. The molecule has 116 valence electrons. The van der Waals surface area contributed by atoms with Gasteiger partial charge in [-0.3, -0.25) is 4.79 Å². The van der Waals surface area contributed by atoms with E-state index in [4.69, 9.17) is 0 Å². The Bertz CT molecular complexity index is 594. The maximum Gasteiger partial charge on any atom is 0.305 e. The smallest absolute Gasteiger partial charge is 0.305 e. The molecule has 0 saturated carbocycles. The normalized spacial score (nSPS) is 11.1. The zero-order chi connectivity index (χ0) is 15.8. The number of esters is 1. The third kappa shape index (κ3) is 4.08. The van der Waals surface area contributed by atoms with Crippen LogP contribution in [-0.2, 0) is 14.1 Å². The van der Waals surface area contributed by atoms with Crippen molar-refractivity contribution in [1.82, 2.24) is 0 Å². The maximum absolute atomic E-state index is 13.6. The van der Waals surface area contributed by atoms with Crippen molar-refractivity contribution in [3.63, 3.8) is 0 Å². The molecular weight excluding hydrogens is 295 g/mol. The molecule has 0 unspecified atom stereocenters. The molecule has 0 radical (unpaired) electrons. The Balaban J connectivity index is 2.17. The number of hydrogen-bond acceptors (Lipinski definition) is 3. The monoisotopic (exact) mass is 316 g/mol. The van der Waals surface area contributed by atoms with E-state index in [0.717, 1.165) is 17.0 Å². The summed E-state index contributed by atoms with van der Waals surface area (Å²) in [5, 5.41) is 1.75. The van der Waals surface area contributed by atoms with Crippen molar-refractivity contribution < 1.29 is 14.1 Å². The lowest BCUT2D eigenvalue weighted by Crippen LogP contribution is -2.18. The number of ether oxygens (including phenoxy) is 1. The van der Waals surface area contributed by atoms with Gasteiger partial charge >= 0.3 is 5.97 Å². The van der Waals surface area contributed by atoms with E-state index in [1.54, 1.807) is 0 Å². The van der Waals surface area contributed by atoms with E-state index in [9.17, 15) is 9.36 Å². The fraction of sp³-hybridized carbons (Fsp3) is 0.278. The third-order valence-corrected chi connectivity index (χ3v) is 6.89. The number of rotatable bonds is 7. The van der Waals surface area contributed by atoms with Crippen molar-refractivity contribution in [3.05, 3.63) is 60.7 Å². The van der Waals surface area contributed by atoms with Gasteiger partial charge in [-0.2, -0.15) is 0 Å². The van der Waals surface area contributed by atoms with Crippen molar-refractivity contribution >= 4 is 23.7 Å². The van der Waals surface area contributed by atoms with Gasteiger partial charge in [0, 0.05) is 23.2 Å². The van der Waals surface area contributed by atoms with Crippen LogP contribution in [0.1, 0.15) is 19.3 Å². The Labute approximate surface area is 131 Å². The summed E-state index contributed by atoms with van der Waals surface area (Å²) in [6.45, 7) is 0. The lowest BCUT2D eigenvalue weighted by molar-refractivity contribution is -0.140. The standard InChI is InChI=1S/C18H21O3P/c1-21-18(19)14-8-9-15-22(20,16-10-4-2-5-11-16)17-12-6-3-7-13-17/h2-7,10-13H,8-9,14-15H2,1H3. The van der Waals surface area contributed by atoms with Crippen molar-refractivity contribution in [2.45, 2.75) is 19.3 Å². The molecule has 0 bridgehead atoms. The quantitative estimate of drug-likeness (QED) is 0.447. The van der Waals surface area contributed by atoms with Crippen LogP contribution < -0.4 is 10.6 Å². The van der Waals surface area contributed by atoms with E-state index >= 15 is 0 Å². The van der Waals surface area contributed by atoms with Gasteiger partial charge in [0.05, 0.1) is 7.11 Å². The Morgan fingerprint density at radius 3 is 1.86 bits per heavy atom. The Hall–Kier alpha value is -1.86. The molecule has 0 N–H and O–H groups in total. The molecule has 3 nitrogen and oxygen atoms in total. The van der Waals surface area contributed by atoms with Gasteiger partial charge in [0.2, 0.25) is 0 Å². The van der Waals surface area contributed by atoms with Crippen molar-refractivity contribution in [2.24, 2.45) is 0 Å². The highest BCUT2D eigenvalue weighted by Crippen LogP contribution is 2.44. The zero-order valence-electron chi connectivity index (χ0n) is 12.8. The molecule has 0 aromatic heterocycles. The first-order chi connectivity index (χ1) is 10.7. The highest BCUT2D eigenvalue weighted by Gasteiger charge is 2.26. The molecule has 0 aliphatic rings. The molecule has 22 heavy (non-hydrogen) atoms. The predicted octanol–water partition coefficient (Wildman–Crippen LogP) is 3.34. The molecule has 2 aromatic rings. The second kappa shape index (κ2) is 7.95. The van der Waals surface area contributed by atoms with Crippen LogP contribution in [-0.4, -0.2) is 19.2 Å².